The molecule has 0 amide bonds. The third-order valence-electron chi connectivity index (χ3n) is 2.66. The Morgan fingerprint density at radius 1 is 1.25 bits per heavy atom. The number of unbranched alkanes of at least 4 members (excludes halogenated alkanes) is 1. The molecule has 1 heterocycles. The summed E-state index contributed by atoms with van der Waals surface area (Å²) in [6.45, 7) is 1.07. The van der Waals surface area contributed by atoms with Crippen LogP contribution in [-0.4, -0.2) is 23.5 Å². The Bertz CT molecular complexity index is 436. The molecule has 2 N–H and O–H groups in total. The number of hydrogen-bond donors (Lipinski definition) is 2. The van der Waals surface area contributed by atoms with Gasteiger partial charge in [-0.15, -0.1) is 0 Å². The third-order valence-corrected chi connectivity index (χ3v) is 3.35. The van der Waals surface area contributed by atoms with E-state index in [2.05, 4.69) is 40.8 Å². The van der Waals surface area contributed by atoms with Gasteiger partial charge in [0.05, 0.1) is 0 Å². The monoisotopic (exact) mass is 234 g/mol. The average Bonchev–Trinajstić information content (AvgIpc) is 2.76. The zero-order chi connectivity index (χ0) is 11.2. The van der Waals surface area contributed by atoms with E-state index in [1.54, 1.807) is 0 Å². The molecule has 0 radical (unpaired) electrons. The molecular formula is C13H18N2S. The second kappa shape index (κ2) is 5.85. The fourth-order valence-electron chi connectivity index (χ4n) is 1.77. The first-order chi connectivity index (χ1) is 7.90. The van der Waals surface area contributed by atoms with Crippen molar-refractivity contribution in [3.63, 3.8) is 0 Å². The first kappa shape index (κ1) is 11.4. The van der Waals surface area contributed by atoms with Gasteiger partial charge in [-0.25, -0.2) is 0 Å². The molecular weight excluding hydrogens is 216 g/mol. The van der Waals surface area contributed by atoms with Gasteiger partial charge in [0, 0.05) is 29.3 Å². The highest BCUT2D eigenvalue weighted by Gasteiger charge is 1.96. The summed E-state index contributed by atoms with van der Waals surface area (Å²) in [6, 6.07) is 8.56. The van der Waals surface area contributed by atoms with E-state index < -0.39 is 0 Å². The quantitative estimate of drug-likeness (QED) is 0.745. The lowest BCUT2D eigenvalue weighted by Gasteiger charge is -2.05. The van der Waals surface area contributed by atoms with Crippen molar-refractivity contribution in [3.05, 3.63) is 30.5 Å². The number of anilines is 1. The Balaban J connectivity index is 1.84. The van der Waals surface area contributed by atoms with E-state index >= 15 is 0 Å². The Labute approximate surface area is 101 Å². The van der Waals surface area contributed by atoms with E-state index in [0.717, 1.165) is 6.54 Å². The van der Waals surface area contributed by atoms with E-state index in [4.69, 9.17) is 0 Å². The van der Waals surface area contributed by atoms with Gasteiger partial charge in [0.25, 0.3) is 0 Å². The van der Waals surface area contributed by atoms with Gasteiger partial charge in [-0.1, -0.05) is 0 Å². The summed E-state index contributed by atoms with van der Waals surface area (Å²) < 4.78 is 0. The van der Waals surface area contributed by atoms with Crippen LogP contribution in [0.15, 0.2) is 30.5 Å². The first-order valence-corrected chi connectivity index (χ1v) is 7.09. The number of rotatable bonds is 6. The van der Waals surface area contributed by atoms with E-state index in [1.165, 1.54) is 35.2 Å². The molecule has 1 aromatic carbocycles. The maximum Gasteiger partial charge on any atom is 0.0455 e. The van der Waals surface area contributed by atoms with Crippen LogP contribution in [0, 0.1) is 0 Å². The van der Waals surface area contributed by atoms with Crippen molar-refractivity contribution in [2.75, 3.05) is 23.9 Å². The van der Waals surface area contributed by atoms with E-state index in [0.29, 0.717) is 0 Å². The molecule has 86 valence electrons. The number of benzene rings is 1. The maximum atomic E-state index is 3.46. The Hall–Kier alpha value is -1.09. The summed E-state index contributed by atoms with van der Waals surface area (Å²) in [4.78, 5) is 3.20. The SMILES string of the molecule is CSCCCCNc1ccc2[nH]ccc2c1. The standard InChI is InChI=1S/C13H18N2S/c1-16-9-3-2-7-14-12-4-5-13-11(10-12)6-8-15-13/h4-6,8,10,14-15H,2-3,7,9H2,1H3. The molecule has 3 heteroatoms. The predicted octanol–water partition coefficient (Wildman–Crippen LogP) is 3.72. The summed E-state index contributed by atoms with van der Waals surface area (Å²) in [6.07, 6.45) is 6.67. The molecule has 0 fully saturated rings. The molecule has 0 saturated carbocycles. The Morgan fingerprint density at radius 3 is 3.06 bits per heavy atom. The molecule has 2 nitrogen and oxygen atoms in total. The molecule has 2 aromatic rings. The van der Waals surface area contributed by atoms with Crippen LogP contribution < -0.4 is 5.32 Å². The number of aromatic amines is 1. The van der Waals surface area contributed by atoms with E-state index in [1.807, 2.05) is 18.0 Å². The van der Waals surface area contributed by atoms with Crippen LogP contribution in [0.1, 0.15) is 12.8 Å². The van der Waals surface area contributed by atoms with Crippen LogP contribution in [0.4, 0.5) is 5.69 Å². The lowest BCUT2D eigenvalue weighted by Crippen LogP contribution is -2.01. The topological polar surface area (TPSA) is 27.8 Å². The van der Waals surface area contributed by atoms with Crippen LogP contribution in [0.2, 0.25) is 0 Å². The minimum atomic E-state index is 1.07. The summed E-state index contributed by atoms with van der Waals surface area (Å²) >= 11 is 1.92. The van der Waals surface area contributed by atoms with Gasteiger partial charge in [-0.3, -0.25) is 0 Å². The molecule has 0 unspecified atom stereocenters. The minimum Gasteiger partial charge on any atom is -0.385 e. The van der Waals surface area contributed by atoms with Crippen molar-refractivity contribution < 1.29 is 0 Å². The van der Waals surface area contributed by atoms with Gasteiger partial charge in [-0.2, -0.15) is 11.8 Å². The van der Waals surface area contributed by atoms with Crippen molar-refractivity contribution in [2.45, 2.75) is 12.8 Å². The Kier molecular flexibility index (Phi) is 4.17. The number of thioether (sulfide) groups is 1. The van der Waals surface area contributed by atoms with Crippen LogP contribution >= 0.6 is 11.8 Å². The van der Waals surface area contributed by atoms with Crippen molar-refractivity contribution in [1.29, 1.82) is 0 Å². The highest BCUT2D eigenvalue weighted by molar-refractivity contribution is 7.98. The van der Waals surface area contributed by atoms with Crippen molar-refractivity contribution in [3.8, 4) is 0 Å². The van der Waals surface area contributed by atoms with Crippen molar-refractivity contribution in [1.82, 2.24) is 4.98 Å². The summed E-state index contributed by atoms with van der Waals surface area (Å²) in [7, 11) is 0. The van der Waals surface area contributed by atoms with Crippen molar-refractivity contribution in [2.24, 2.45) is 0 Å². The molecule has 0 aliphatic carbocycles. The van der Waals surface area contributed by atoms with Gasteiger partial charge >= 0.3 is 0 Å². The van der Waals surface area contributed by atoms with Crippen LogP contribution in [0.25, 0.3) is 10.9 Å². The second-order valence-corrected chi connectivity index (χ2v) is 4.89. The highest BCUT2D eigenvalue weighted by Crippen LogP contribution is 2.17. The maximum absolute atomic E-state index is 3.46. The van der Waals surface area contributed by atoms with Gasteiger partial charge in [0.2, 0.25) is 0 Å². The molecule has 16 heavy (non-hydrogen) atoms. The number of H-pyrrole nitrogens is 1. The number of nitrogens with one attached hydrogen (secondary N) is 2. The van der Waals surface area contributed by atoms with Gasteiger partial charge in [0.1, 0.15) is 0 Å². The largest absolute Gasteiger partial charge is 0.385 e. The van der Waals surface area contributed by atoms with E-state index in [9.17, 15) is 0 Å². The normalized spacial score (nSPS) is 10.8. The zero-order valence-corrected chi connectivity index (χ0v) is 10.4. The Morgan fingerprint density at radius 2 is 2.19 bits per heavy atom. The smallest absolute Gasteiger partial charge is 0.0455 e. The first-order valence-electron chi connectivity index (χ1n) is 5.70. The average molecular weight is 234 g/mol. The fraction of sp³-hybridized carbons (Fsp3) is 0.385. The molecule has 0 spiro atoms. The van der Waals surface area contributed by atoms with Gasteiger partial charge in [-0.05, 0) is 49.1 Å². The molecule has 2 rings (SSSR count). The van der Waals surface area contributed by atoms with Gasteiger partial charge < -0.3 is 10.3 Å². The third kappa shape index (κ3) is 2.95. The van der Waals surface area contributed by atoms with Crippen LogP contribution in [0.3, 0.4) is 0 Å². The molecule has 0 bridgehead atoms. The number of hydrogen-bond acceptors (Lipinski definition) is 2. The van der Waals surface area contributed by atoms with Crippen LogP contribution in [0.5, 0.6) is 0 Å². The highest BCUT2D eigenvalue weighted by atomic mass is 32.2. The summed E-state index contributed by atoms with van der Waals surface area (Å²) in [5, 5.41) is 4.73. The van der Waals surface area contributed by atoms with Crippen molar-refractivity contribution >= 4 is 28.4 Å². The molecule has 1 aromatic heterocycles. The lowest BCUT2D eigenvalue weighted by atomic mass is 10.2. The van der Waals surface area contributed by atoms with E-state index in [-0.39, 0.29) is 0 Å². The second-order valence-electron chi connectivity index (χ2n) is 3.91. The lowest BCUT2D eigenvalue weighted by molar-refractivity contribution is 0.843. The molecule has 0 atom stereocenters. The summed E-state index contributed by atoms with van der Waals surface area (Å²) in [5.74, 6) is 1.26. The van der Waals surface area contributed by atoms with Gasteiger partial charge in [0.15, 0.2) is 0 Å². The zero-order valence-electron chi connectivity index (χ0n) is 9.62. The fourth-order valence-corrected chi connectivity index (χ4v) is 2.26. The molecule has 0 aliphatic rings. The molecule has 0 saturated heterocycles. The summed E-state index contributed by atoms with van der Waals surface area (Å²) in [5.41, 5.74) is 2.42. The molecule has 0 aliphatic heterocycles. The minimum absolute atomic E-state index is 1.07. The number of aromatic nitrogens is 1. The number of fused-ring (bicyclic) bond motifs is 1. The van der Waals surface area contributed by atoms with Crippen LogP contribution in [-0.2, 0) is 0 Å². The predicted molar refractivity (Wildman–Crippen MR) is 74.4 cm³/mol.